The molecule has 8 heteroatoms. The Kier molecular flexibility index (Phi) is 4.51. The van der Waals surface area contributed by atoms with Crippen LogP contribution in [0.4, 0.5) is 4.79 Å². The number of ether oxygens (including phenoxy) is 1. The van der Waals surface area contributed by atoms with E-state index in [-0.39, 0.29) is 47.0 Å². The molecule has 150 valence electrons. The number of carbonyl (C=O) groups excluding carboxylic acids is 3. The first kappa shape index (κ1) is 18.7. The predicted molar refractivity (Wildman–Crippen MR) is 101 cm³/mol. The van der Waals surface area contributed by atoms with Crippen molar-refractivity contribution in [2.45, 2.75) is 64.1 Å². The first-order chi connectivity index (χ1) is 13.3. The average Bonchev–Trinajstić information content (AvgIpc) is 3.18. The summed E-state index contributed by atoms with van der Waals surface area (Å²) in [6, 6.07) is 2.70. The number of nitrogens with two attached hydrogens (primary N) is 1. The van der Waals surface area contributed by atoms with Crippen LogP contribution in [0.5, 0.6) is 5.88 Å². The second-order valence-corrected chi connectivity index (χ2v) is 8.57. The summed E-state index contributed by atoms with van der Waals surface area (Å²) in [7, 11) is 0. The molecule has 1 unspecified atom stereocenters. The number of primary amides is 1. The van der Waals surface area contributed by atoms with Crippen molar-refractivity contribution in [1.29, 1.82) is 0 Å². The fourth-order valence-corrected chi connectivity index (χ4v) is 4.98. The molecular weight excluding hydrogens is 360 g/mol. The molecule has 0 radical (unpaired) electrons. The average molecular weight is 386 g/mol. The van der Waals surface area contributed by atoms with Crippen LogP contribution in [0.1, 0.15) is 56.3 Å². The van der Waals surface area contributed by atoms with Crippen LogP contribution in [0.3, 0.4) is 0 Å². The van der Waals surface area contributed by atoms with Gasteiger partial charge in [-0.1, -0.05) is 6.92 Å². The number of aromatic nitrogens is 1. The van der Waals surface area contributed by atoms with E-state index in [4.69, 9.17) is 10.5 Å². The van der Waals surface area contributed by atoms with Gasteiger partial charge in [-0.05, 0) is 56.6 Å². The van der Waals surface area contributed by atoms with Crippen molar-refractivity contribution in [2.24, 2.45) is 11.1 Å². The largest absolute Gasteiger partial charge is 0.474 e. The van der Waals surface area contributed by atoms with Gasteiger partial charge >= 0.3 is 6.03 Å². The molecule has 28 heavy (non-hydrogen) atoms. The lowest BCUT2D eigenvalue weighted by atomic mass is 9.65. The first-order valence-electron chi connectivity index (χ1n) is 9.84. The predicted octanol–water partition coefficient (Wildman–Crippen LogP) is 1.93. The van der Waals surface area contributed by atoms with Gasteiger partial charge < -0.3 is 15.4 Å². The van der Waals surface area contributed by atoms with Gasteiger partial charge in [-0.25, -0.2) is 9.78 Å². The SMILES string of the molecule is C[C@@H](C[C@]1(C)C[C@@H](Oc2ncccc2C(N)=O)C1)N1C(=O)C2CCCN2C1=O. The van der Waals surface area contributed by atoms with Crippen molar-refractivity contribution in [3.63, 3.8) is 0 Å². The van der Waals surface area contributed by atoms with Crippen LogP contribution >= 0.6 is 0 Å². The zero-order valence-corrected chi connectivity index (χ0v) is 16.3. The number of nitrogens with zero attached hydrogens (tertiary/aromatic N) is 3. The molecule has 0 aromatic carbocycles. The Morgan fingerprint density at radius 3 is 2.86 bits per heavy atom. The number of carbonyl (C=O) groups is 3. The van der Waals surface area contributed by atoms with Gasteiger partial charge in [0.15, 0.2) is 0 Å². The third kappa shape index (κ3) is 3.10. The highest BCUT2D eigenvalue weighted by Gasteiger charge is 2.51. The molecule has 3 heterocycles. The van der Waals surface area contributed by atoms with Crippen molar-refractivity contribution in [3.8, 4) is 5.88 Å². The van der Waals surface area contributed by atoms with Gasteiger partial charge in [0.2, 0.25) is 5.88 Å². The van der Waals surface area contributed by atoms with Crippen molar-refractivity contribution in [1.82, 2.24) is 14.8 Å². The fourth-order valence-electron chi connectivity index (χ4n) is 4.98. The van der Waals surface area contributed by atoms with Gasteiger partial charge in [-0.2, -0.15) is 0 Å². The summed E-state index contributed by atoms with van der Waals surface area (Å²) >= 11 is 0. The maximum Gasteiger partial charge on any atom is 0.327 e. The summed E-state index contributed by atoms with van der Waals surface area (Å²) in [5.74, 6) is -0.351. The monoisotopic (exact) mass is 386 g/mol. The van der Waals surface area contributed by atoms with Gasteiger partial charge in [0, 0.05) is 18.8 Å². The number of imide groups is 1. The Morgan fingerprint density at radius 1 is 1.43 bits per heavy atom. The normalized spacial score (nSPS) is 30.2. The lowest BCUT2D eigenvalue weighted by molar-refractivity contribution is -0.130. The Morgan fingerprint density at radius 2 is 2.18 bits per heavy atom. The number of amides is 4. The Labute approximate surface area is 164 Å². The van der Waals surface area contributed by atoms with Crippen molar-refractivity contribution in [2.75, 3.05) is 6.54 Å². The zero-order valence-electron chi connectivity index (χ0n) is 16.3. The van der Waals surface area contributed by atoms with Gasteiger partial charge in [-0.15, -0.1) is 0 Å². The number of pyridine rings is 1. The highest BCUT2D eigenvalue weighted by molar-refractivity contribution is 6.04. The molecule has 2 aliphatic heterocycles. The molecule has 4 rings (SSSR count). The second-order valence-electron chi connectivity index (χ2n) is 8.57. The van der Waals surface area contributed by atoms with Gasteiger partial charge in [-0.3, -0.25) is 14.5 Å². The lowest BCUT2D eigenvalue weighted by Gasteiger charge is -2.46. The maximum absolute atomic E-state index is 12.6. The Hall–Kier alpha value is -2.64. The highest BCUT2D eigenvalue weighted by Crippen LogP contribution is 2.47. The van der Waals surface area contributed by atoms with Gasteiger partial charge in [0.05, 0.1) is 0 Å². The summed E-state index contributed by atoms with van der Waals surface area (Å²) < 4.78 is 5.88. The molecule has 1 saturated carbocycles. The van der Waals surface area contributed by atoms with Crippen LogP contribution < -0.4 is 10.5 Å². The van der Waals surface area contributed by atoms with Crippen LogP contribution in [0.15, 0.2) is 18.3 Å². The molecule has 3 aliphatic rings. The molecule has 2 N–H and O–H groups in total. The fraction of sp³-hybridized carbons (Fsp3) is 0.600. The third-order valence-corrected chi connectivity index (χ3v) is 6.21. The maximum atomic E-state index is 12.6. The first-order valence-corrected chi connectivity index (χ1v) is 9.84. The summed E-state index contributed by atoms with van der Waals surface area (Å²) in [6.07, 6.45) is 5.47. The summed E-state index contributed by atoms with van der Waals surface area (Å²) in [4.78, 5) is 44.0. The Bertz CT molecular complexity index is 798. The van der Waals surface area contributed by atoms with Crippen LogP contribution in [0, 0.1) is 5.41 Å². The van der Waals surface area contributed by atoms with E-state index in [1.165, 1.54) is 4.90 Å². The molecule has 1 aromatic rings. The number of hydrogen-bond donors (Lipinski definition) is 1. The van der Waals surface area contributed by atoms with E-state index in [9.17, 15) is 14.4 Å². The van der Waals surface area contributed by atoms with Crippen LogP contribution in [0.25, 0.3) is 0 Å². The molecule has 1 aliphatic carbocycles. The number of hydrogen-bond acceptors (Lipinski definition) is 5. The van der Waals surface area contributed by atoms with Gasteiger partial charge in [0.25, 0.3) is 11.8 Å². The molecule has 3 fully saturated rings. The second kappa shape index (κ2) is 6.76. The molecule has 4 amide bonds. The minimum Gasteiger partial charge on any atom is -0.474 e. The standard InChI is InChI=1S/C20H26N4O4/c1-12(24-18(26)15-6-4-8-23(15)19(24)27)9-20(2)10-13(11-20)28-17-14(16(21)25)5-3-7-22-17/h3,5,7,12-13,15H,4,6,8-11H2,1-2H3,(H2,21,25)/t12-,13-,15?,20-/m0/s1. The van der Waals surface area contributed by atoms with E-state index < -0.39 is 5.91 Å². The summed E-state index contributed by atoms with van der Waals surface area (Å²) in [5.41, 5.74) is 5.62. The zero-order chi connectivity index (χ0) is 20.1. The molecule has 0 bridgehead atoms. The minimum atomic E-state index is -0.564. The van der Waals surface area contributed by atoms with Crippen LogP contribution in [-0.2, 0) is 4.79 Å². The van der Waals surface area contributed by atoms with E-state index in [1.807, 2.05) is 6.92 Å². The van der Waals surface area contributed by atoms with Crippen LogP contribution in [0.2, 0.25) is 0 Å². The summed E-state index contributed by atoms with van der Waals surface area (Å²) in [6.45, 7) is 4.77. The minimum absolute atomic E-state index is 0.0284. The smallest absolute Gasteiger partial charge is 0.327 e. The van der Waals surface area contributed by atoms with E-state index in [0.29, 0.717) is 6.54 Å². The molecule has 2 saturated heterocycles. The number of urea groups is 1. The van der Waals surface area contributed by atoms with Gasteiger partial charge in [0.1, 0.15) is 17.7 Å². The quantitative estimate of drug-likeness (QED) is 0.752. The molecule has 0 spiro atoms. The van der Waals surface area contributed by atoms with E-state index in [2.05, 4.69) is 11.9 Å². The summed E-state index contributed by atoms with van der Waals surface area (Å²) in [5, 5.41) is 0. The molecule has 8 nitrogen and oxygen atoms in total. The van der Waals surface area contributed by atoms with E-state index in [0.717, 1.165) is 32.1 Å². The topological polar surface area (TPSA) is 106 Å². The van der Waals surface area contributed by atoms with Crippen LogP contribution in [-0.4, -0.2) is 57.4 Å². The lowest BCUT2D eigenvalue weighted by Crippen LogP contribution is -2.48. The van der Waals surface area contributed by atoms with E-state index >= 15 is 0 Å². The molecule has 2 atom stereocenters. The Balaban J connectivity index is 1.35. The highest BCUT2D eigenvalue weighted by atomic mass is 16.5. The third-order valence-electron chi connectivity index (χ3n) is 6.21. The van der Waals surface area contributed by atoms with Crippen molar-refractivity contribution in [3.05, 3.63) is 23.9 Å². The number of fused-ring (bicyclic) bond motifs is 1. The molecular formula is C20H26N4O4. The van der Waals surface area contributed by atoms with E-state index in [1.54, 1.807) is 23.2 Å². The number of rotatable bonds is 6. The molecule has 1 aromatic heterocycles. The van der Waals surface area contributed by atoms with Crippen molar-refractivity contribution < 1.29 is 19.1 Å². The van der Waals surface area contributed by atoms with Crippen molar-refractivity contribution >= 4 is 17.8 Å².